The molecule has 1 rings (SSSR count). The van der Waals surface area contributed by atoms with E-state index in [2.05, 4.69) is 19.5 Å². The first kappa shape index (κ1) is 11.8. The highest BCUT2D eigenvalue weighted by Gasteiger charge is 2.13. The van der Waals surface area contributed by atoms with E-state index in [0.29, 0.717) is 0 Å². The Balaban J connectivity index is 2.43. The van der Waals surface area contributed by atoms with E-state index < -0.39 is 16.0 Å². The summed E-state index contributed by atoms with van der Waals surface area (Å²) in [6.45, 7) is 0. The summed E-state index contributed by atoms with van der Waals surface area (Å²) in [5.74, 6) is -1.29. The number of rotatable bonds is 6. The van der Waals surface area contributed by atoms with Crippen molar-refractivity contribution in [2.24, 2.45) is 0 Å². The fourth-order valence-electron chi connectivity index (χ4n) is 0.771. The van der Waals surface area contributed by atoms with E-state index in [0.717, 1.165) is 11.5 Å². The van der Waals surface area contributed by atoms with Crippen molar-refractivity contribution in [1.29, 1.82) is 0 Å². The summed E-state index contributed by atoms with van der Waals surface area (Å²) in [6, 6.07) is 0. The van der Waals surface area contributed by atoms with Gasteiger partial charge < -0.3 is 5.11 Å². The molecule has 0 aliphatic carbocycles. The summed E-state index contributed by atoms with van der Waals surface area (Å²) >= 11 is 0.811. The predicted molar refractivity (Wildman–Crippen MR) is 52.0 cm³/mol. The SMILES string of the molecule is O=C(O)CCCS(=O)(=O)Nc1nnns1. The van der Waals surface area contributed by atoms with Crippen molar-refractivity contribution in [2.75, 3.05) is 10.5 Å². The Morgan fingerprint density at radius 3 is 2.80 bits per heavy atom. The number of carboxylic acids is 1. The summed E-state index contributed by atoms with van der Waals surface area (Å²) in [5.41, 5.74) is 0. The topological polar surface area (TPSA) is 122 Å². The first-order valence-corrected chi connectivity index (χ1v) is 6.29. The number of anilines is 1. The van der Waals surface area contributed by atoms with E-state index in [1.165, 1.54) is 0 Å². The van der Waals surface area contributed by atoms with Gasteiger partial charge >= 0.3 is 5.97 Å². The number of aromatic nitrogens is 3. The lowest BCUT2D eigenvalue weighted by molar-refractivity contribution is -0.137. The number of hydrogen-bond acceptors (Lipinski definition) is 7. The largest absolute Gasteiger partial charge is 0.481 e. The lowest BCUT2D eigenvalue weighted by Crippen LogP contribution is -2.17. The third kappa shape index (κ3) is 4.65. The Bertz CT molecular complexity index is 414. The fraction of sp³-hybridized carbons (Fsp3) is 0.600. The third-order valence-electron chi connectivity index (χ3n) is 1.35. The summed E-state index contributed by atoms with van der Waals surface area (Å²) in [6.07, 6.45) is -0.133. The molecule has 0 spiro atoms. The van der Waals surface area contributed by atoms with E-state index in [1.807, 2.05) is 0 Å². The molecule has 0 saturated carbocycles. The second-order valence-corrected chi connectivity index (χ2v) is 5.16. The number of sulfonamides is 1. The van der Waals surface area contributed by atoms with Gasteiger partial charge in [-0.1, -0.05) is 9.59 Å². The van der Waals surface area contributed by atoms with Crippen molar-refractivity contribution in [3.63, 3.8) is 0 Å². The van der Waals surface area contributed by atoms with Crippen molar-refractivity contribution in [2.45, 2.75) is 12.8 Å². The first-order valence-electron chi connectivity index (χ1n) is 3.87. The maximum Gasteiger partial charge on any atom is 0.303 e. The molecule has 8 nitrogen and oxygen atoms in total. The van der Waals surface area contributed by atoms with Crippen LogP contribution in [-0.4, -0.2) is 40.0 Å². The number of carboxylic acid groups (broad SMARTS) is 1. The number of nitrogens with zero attached hydrogens (tertiary/aromatic N) is 3. The Labute approximate surface area is 89.5 Å². The summed E-state index contributed by atoms with van der Waals surface area (Å²) in [7, 11) is -3.55. The minimum atomic E-state index is -3.55. The van der Waals surface area contributed by atoms with Crippen LogP contribution < -0.4 is 4.72 Å². The molecule has 0 bridgehead atoms. The van der Waals surface area contributed by atoms with Crippen molar-refractivity contribution in [1.82, 2.24) is 14.8 Å². The molecule has 0 saturated heterocycles. The van der Waals surface area contributed by atoms with Gasteiger partial charge in [0.25, 0.3) is 0 Å². The number of carbonyl (C=O) groups is 1. The van der Waals surface area contributed by atoms with Gasteiger partial charge in [0.05, 0.1) is 5.75 Å². The molecular formula is C5H8N4O4S2. The van der Waals surface area contributed by atoms with Crippen LogP contribution in [0, 0.1) is 0 Å². The highest BCUT2D eigenvalue weighted by molar-refractivity contribution is 7.92. The van der Waals surface area contributed by atoms with E-state index in [-0.39, 0.29) is 23.7 Å². The van der Waals surface area contributed by atoms with E-state index in [9.17, 15) is 13.2 Å². The van der Waals surface area contributed by atoms with Crippen LogP contribution in [0.25, 0.3) is 0 Å². The zero-order chi connectivity index (χ0) is 11.3. The van der Waals surface area contributed by atoms with E-state index >= 15 is 0 Å². The van der Waals surface area contributed by atoms with Gasteiger partial charge in [-0.25, -0.2) is 8.42 Å². The maximum atomic E-state index is 11.3. The number of nitrogens with one attached hydrogen (secondary N) is 1. The molecule has 1 aromatic heterocycles. The molecule has 0 atom stereocenters. The maximum absolute atomic E-state index is 11.3. The Morgan fingerprint density at radius 2 is 2.27 bits per heavy atom. The summed E-state index contributed by atoms with van der Waals surface area (Å²) in [5, 5.41) is 15.0. The van der Waals surface area contributed by atoms with Gasteiger partial charge in [0.15, 0.2) is 0 Å². The molecule has 10 heteroatoms. The Morgan fingerprint density at radius 1 is 1.53 bits per heavy atom. The molecule has 0 aromatic carbocycles. The lowest BCUT2D eigenvalue weighted by Gasteiger charge is -2.02. The first-order chi connectivity index (χ1) is 6.99. The summed E-state index contributed by atoms with van der Waals surface area (Å²) < 4.78 is 28.1. The van der Waals surface area contributed by atoms with Crippen molar-refractivity contribution >= 4 is 32.7 Å². The normalized spacial score (nSPS) is 11.2. The van der Waals surface area contributed by atoms with Gasteiger partial charge in [-0.3, -0.25) is 9.52 Å². The molecule has 1 aromatic rings. The van der Waals surface area contributed by atoms with Crippen LogP contribution in [0.3, 0.4) is 0 Å². The number of aliphatic carboxylic acids is 1. The van der Waals surface area contributed by atoms with Crippen LogP contribution in [0.5, 0.6) is 0 Å². The lowest BCUT2D eigenvalue weighted by atomic mass is 10.3. The highest BCUT2D eigenvalue weighted by atomic mass is 32.2. The number of hydrogen-bond donors (Lipinski definition) is 2. The molecule has 0 aliphatic heterocycles. The molecule has 0 radical (unpaired) electrons. The highest BCUT2D eigenvalue weighted by Crippen LogP contribution is 2.08. The van der Waals surface area contributed by atoms with Gasteiger partial charge in [0.1, 0.15) is 0 Å². The van der Waals surface area contributed by atoms with Crippen LogP contribution in [0.15, 0.2) is 0 Å². The van der Waals surface area contributed by atoms with Crippen molar-refractivity contribution in [3.05, 3.63) is 0 Å². The molecule has 0 unspecified atom stereocenters. The van der Waals surface area contributed by atoms with Crippen molar-refractivity contribution < 1.29 is 18.3 Å². The van der Waals surface area contributed by atoms with Crippen LogP contribution in [0.1, 0.15) is 12.8 Å². The van der Waals surface area contributed by atoms with Crippen LogP contribution in [-0.2, 0) is 14.8 Å². The molecule has 0 fully saturated rings. The Hall–Kier alpha value is -1.29. The van der Waals surface area contributed by atoms with Crippen molar-refractivity contribution in [3.8, 4) is 0 Å². The quantitative estimate of drug-likeness (QED) is 0.702. The van der Waals surface area contributed by atoms with Crippen LogP contribution in [0.4, 0.5) is 5.13 Å². The average molecular weight is 252 g/mol. The minimum Gasteiger partial charge on any atom is -0.481 e. The smallest absolute Gasteiger partial charge is 0.303 e. The second kappa shape index (κ2) is 4.98. The van der Waals surface area contributed by atoms with Gasteiger partial charge in [-0.2, -0.15) is 0 Å². The molecular weight excluding hydrogens is 244 g/mol. The van der Waals surface area contributed by atoms with Gasteiger partial charge in [0, 0.05) is 18.0 Å². The second-order valence-electron chi connectivity index (χ2n) is 2.59. The average Bonchev–Trinajstić information content (AvgIpc) is 2.54. The third-order valence-corrected chi connectivity index (χ3v) is 3.32. The summed E-state index contributed by atoms with van der Waals surface area (Å²) in [4.78, 5) is 10.2. The van der Waals surface area contributed by atoms with E-state index in [4.69, 9.17) is 5.11 Å². The van der Waals surface area contributed by atoms with Gasteiger partial charge in [-0.15, -0.1) is 0 Å². The molecule has 84 valence electrons. The van der Waals surface area contributed by atoms with E-state index in [1.54, 1.807) is 0 Å². The van der Waals surface area contributed by atoms with Crippen LogP contribution >= 0.6 is 11.5 Å². The molecule has 0 aliphatic rings. The Kier molecular flexibility index (Phi) is 3.91. The van der Waals surface area contributed by atoms with Crippen LogP contribution in [0.2, 0.25) is 0 Å². The monoisotopic (exact) mass is 252 g/mol. The predicted octanol–water partition coefficient (Wildman–Crippen LogP) is -0.460. The zero-order valence-electron chi connectivity index (χ0n) is 7.45. The standard InChI is InChI=1S/C5H8N4O4S2/c10-4(11)2-1-3-15(12,13)7-5-6-8-9-14-5/h1-3H2,(H,10,11)(H,6,7,9). The molecule has 0 amide bonds. The zero-order valence-corrected chi connectivity index (χ0v) is 9.08. The minimum absolute atomic E-state index is 0.0525. The fourth-order valence-corrected chi connectivity index (χ4v) is 2.46. The molecule has 2 N–H and O–H groups in total. The molecule has 1 heterocycles. The molecule has 15 heavy (non-hydrogen) atoms. The van der Waals surface area contributed by atoms with Gasteiger partial charge in [-0.05, 0) is 11.6 Å². The van der Waals surface area contributed by atoms with Gasteiger partial charge in [0.2, 0.25) is 15.2 Å².